The highest BCUT2D eigenvalue weighted by Gasteiger charge is 2.40. The van der Waals surface area contributed by atoms with E-state index in [2.05, 4.69) is 11.2 Å². The van der Waals surface area contributed by atoms with Gasteiger partial charge in [0.15, 0.2) is 0 Å². The largest absolute Gasteiger partial charge is 0.461 e. The molecule has 7 nitrogen and oxygen atoms in total. The Morgan fingerprint density at radius 1 is 1.23 bits per heavy atom. The number of benzene rings is 2. The minimum atomic E-state index is -0.694. The predicted molar refractivity (Wildman–Crippen MR) is 115 cm³/mol. The first-order valence-corrected chi connectivity index (χ1v) is 9.88. The van der Waals surface area contributed by atoms with Crippen LogP contribution in [0.15, 0.2) is 59.7 Å². The summed E-state index contributed by atoms with van der Waals surface area (Å²) in [6.07, 6.45) is 0.147. The van der Waals surface area contributed by atoms with E-state index >= 15 is 0 Å². The van der Waals surface area contributed by atoms with Crippen molar-refractivity contribution in [2.24, 2.45) is 5.10 Å². The van der Waals surface area contributed by atoms with Gasteiger partial charge in [-0.25, -0.2) is 4.79 Å². The van der Waals surface area contributed by atoms with Crippen LogP contribution < -0.4 is 9.91 Å². The number of carbonyl (C=O) groups excluding carboxylic acids is 2. The lowest BCUT2D eigenvalue weighted by Crippen LogP contribution is -2.48. The van der Waals surface area contributed by atoms with Crippen LogP contribution in [0.3, 0.4) is 0 Å². The van der Waals surface area contributed by atoms with Crippen LogP contribution in [-0.4, -0.2) is 36.3 Å². The Morgan fingerprint density at radius 2 is 1.97 bits per heavy atom. The number of hydrogen-bond acceptors (Lipinski definition) is 6. The van der Waals surface area contributed by atoms with E-state index in [1.54, 1.807) is 41.1 Å². The molecule has 1 aliphatic rings. The van der Waals surface area contributed by atoms with Crippen molar-refractivity contribution in [2.45, 2.75) is 39.3 Å². The second-order valence-electron chi connectivity index (χ2n) is 7.13. The van der Waals surface area contributed by atoms with E-state index in [-0.39, 0.29) is 30.7 Å². The Morgan fingerprint density at radius 3 is 2.60 bits per heavy atom. The normalized spacial score (nSPS) is 15.5. The number of hydrazone groups is 1. The minimum absolute atomic E-state index is 0.147. The zero-order valence-electron chi connectivity index (χ0n) is 17.3. The third kappa shape index (κ3) is 4.33. The van der Waals surface area contributed by atoms with Crippen LogP contribution in [0.2, 0.25) is 0 Å². The first-order chi connectivity index (χ1) is 14.5. The van der Waals surface area contributed by atoms with Gasteiger partial charge < -0.3 is 9.64 Å². The maximum absolute atomic E-state index is 13.7. The SMILES string of the molecule is CCOC(=O)C1=NN(c2ccccc2)C(C(=O)N(c2cccc(C#N)c2)C(C)C)C1. The molecule has 2 aromatic carbocycles. The zero-order chi connectivity index (χ0) is 21.7. The van der Waals surface area contributed by atoms with E-state index in [4.69, 9.17) is 4.74 Å². The highest BCUT2D eigenvalue weighted by molar-refractivity contribution is 6.38. The summed E-state index contributed by atoms with van der Waals surface area (Å²) < 4.78 is 5.10. The van der Waals surface area contributed by atoms with Crippen LogP contribution in [0.1, 0.15) is 32.8 Å². The number of esters is 1. The average Bonchev–Trinajstić information content (AvgIpc) is 3.20. The summed E-state index contributed by atoms with van der Waals surface area (Å²) in [6.45, 7) is 5.78. The van der Waals surface area contributed by atoms with E-state index in [1.807, 2.05) is 44.2 Å². The van der Waals surface area contributed by atoms with Crippen molar-refractivity contribution < 1.29 is 14.3 Å². The summed E-state index contributed by atoms with van der Waals surface area (Å²) in [5.41, 5.74) is 2.03. The van der Waals surface area contributed by atoms with E-state index in [0.29, 0.717) is 16.9 Å². The molecule has 1 amide bonds. The van der Waals surface area contributed by atoms with Crippen LogP contribution in [0.25, 0.3) is 0 Å². The molecule has 0 aromatic heterocycles. The molecule has 30 heavy (non-hydrogen) atoms. The lowest BCUT2D eigenvalue weighted by Gasteiger charge is -2.32. The molecule has 1 unspecified atom stereocenters. The molecule has 0 bridgehead atoms. The van der Waals surface area contributed by atoms with Crippen molar-refractivity contribution in [3.63, 3.8) is 0 Å². The molecular formula is C23H24N4O3. The number of anilines is 2. The topological polar surface area (TPSA) is 86.0 Å². The van der Waals surface area contributed by atoms with Crippen LogP contribution in [-0.2, 0) is 14.3 Å². The summed E-state index contributed by atoms with van der Waals surface area (Å²) >= 11 is 0. The molecule has 7 heteroatoms. The van der Waals surface area contributed by atoms with Crippen LogP contribution in [0, 0.1) is 11.3 Å². The van der Waals surface area contributed by atoms with Gasteiger partial charge in [-0.1, -0.05) is 24.3 Å². The molecular weight excluding hydrogens is 380 g/mol. The Bertz CT molecular complexity index is 995. The molecule has 0 radical (unpaired) electrons. The average molecular weight is 404 g/mol. The standard InChI is InChI=1S/C23H24N4O3/c1-4-30-23(29)20-14-21(27(25-20)18-10-6-5-7-11-18)22(28)26(16(2)3)19-12-8-9-17(13-19)15-24/h5-13,16,21H,4,14H2,1-3H3. The number of rotatable bonds is 6. The Kier molecular flexibility index (Phi) is 6.48. The quantitative estimate of drug-likeness (QED) is 0.688. The number of amides is 1. The van der Waals surface area contributed by atoms with Crippen LogP contribution in [0.5, 0.6) is 0 Å². The summed E-state index contributed by atoms with van der Waals surface area (Å²) in [6, 6.07) is 17.5. The Hall–Kier alpha value is -3.66. The number of hydrogen-bond donors (Lipinski definition) is 0. The fraction of sp³-hybridized carbons (Fsp3) is 0.304. The summed E-state index contributed by atoms with van der Waals surface area (Å²) in [7, 11) is 0. The third-order valence-electron chi connectivity index (χ3n) is 4.73. The maximum Gasteiger partial charge on any atom is 0.354 e. The molecule has 154 valence electrons. The van der Waals surface area contributed by atoms with Crippen LogP contribution >= 0.6 is 0 Å². The van der Waals surface area contributed by atoms with Gasteiger partial charge in [-0.3, -0.25) is 9.80 Å². The number of carbonyl (C=O) groups is 2. The molecule has 0 saturated carbocycles. The van der Waals surface area contributed by atoms with Gasteiger partial charge >= 0.3 is 5.97 Å². The van der Waals surface area contributed by atoms with Crippen molar-refractivity contribution in [1.82, 2.24) is 0 Å². The maximum atomic E-state index is 13.7. The molecule has 1 atom stereocenters. The molecule has 0 aliphatic carbocycles. The number of ether oxygens (including phenoxy) is 1. The second kappa shape index (κ2) is 9.23. The van der Waals surface area contributed by atoms with E-state index < -0.39 is 12.0 Å². The smallest absolute Gasteiger partial charge is 0.354 e. The van der Waals surface area contributed by atoms with Crippen molar-refractivity contribution >= 4 is 29.0 Å². The lowest BCUT2D eigenvalue weighted by atomic mass is 10.1. The summed E-state index contributed by atoms with van der Waals surface area (Å²) in [4.78, 5) is 27.6. The van der Waals surface area contributed by atoms with E-state index in [1.165, 1.54) is 0 Å². The Balaban J connectivity index is 1.98. The molecule has 0 fully saturated rings. The highest BCUT2D eigenvalue weighted by atomic mass is 16.5. The van der Waals surface area contributed by atoms with Gasteiger partial charge in [-0.15, -0.1) is 0 Å². The number of nitriles is 1. The monoisotopic (exact) mass is 404 g/mol. The van der Waals surface area contributed by atoms with Gasteiger partial charge in [-0.2, -0.15) is 10.4 Å². The molecule has 0 spiro atoms. The second-order valence-corrected chi connectivity index (χ2v) is 7.13. The van der Waals surface area contributed by atoms with Crippen molar-refractivity contribution in [2.75, 3.05) is 16.5 Å². The van der Waals surface area contributed by atoms with Gasteiger partial charge in [0, 0.05) is 18.2 Å². The van der Waals surface area contributed by atoms with Crippen molar-refractivity contribution in [3.05, 3.63) is 60.2 Å². The fourth-order valence-corrected chi connectivity index (χ4v) is 3.42. The highest BCUT2D eigenvalue weighted by Crippen LogP contribution is 2.29. The lowest BCUT2D eigenvalue weighted by molar-refractivity contribution is -0.135. The number of nitrogens with zero attached hydrogens (tertiary/aromatic N) is 4. The summed E-state index contributed by atoms with van der Waals surface area (Å²) in [5, 5.41) is 15.2. The fourth-order valence-electron chi connectivity index (χ4n) is 3.42. The first-order valence-electron chi connectivity index (χ1n) is 9.88. The summed E-state index contributed by atoms with van der Waals surface area (Å²) in [5.74, 6) is -0.719. The van der Waals surface area contributed by atoms with Gasteiger partial charge in [0.25, 0.3) is 5.91 Å². The van der Waals surface area contributed by atoms with Gasteiger partial charge in [0.1, 0.15) is 11.8 Å². The van der Waals surface area contributed by atoms with Crippen LogP contribution in [0.4, 0.5) is 11.4 Å². The van der Waals surface area contributed by atoms with E-state index in [0.717, 1.165) is 0 Å². The molecule has 1 aliphatic heterocycles. The molecule has 2 aromatic rings. The molecule has 3 rings (SSSR count). The van der Waals surface area contributed by atoms with Crippen molar-refractivity contribution in [3.8, 4) is 6.07 Å². The molecule has 0 saturated heterocycles. The first kappa shape index (κ1) is 21.1. The number of para-hydroxylation sites is 1. The van der Waals surface area contributed by atoms with Gasteiger partial charge in [-0.05, 0) is 51.1 Å². The predicted octanol–water partition coefficient (Wildman–Crippen LogP) is 3.50. The minimum Gasteiger partial charge on any atom is -0.461 e. The van der Waals surface area contributed by atoms with Gasteiger partial charge in [0.05, 0.1) is 23.9 Å². The third-order valence-corrected chi connectivity index (χ3v) is 4.73. The molecule has 0 N–H and O–H groups in total. The van der Waals surface area contributed by atoms with Crippen molar-refractivity contribution in [1.29, 1.82) is 5.26 Å². The van der Waals surface area contributed by atoms with E-state index in [9.17, 15) is 14.9 Å². The Labute approximate surface area is 176 Å². The zero-order valence-corrected chi connectivity index (χ0v) is 17.3. The molecule has 1 heterocycles. The van der Waals surface area contributed by atoms with Gasteiger partial charge in [0.2, 0.25) is 0 Å².